The SMILES string of the molecule is OC(CC1=CCCCC1)c1ccc(F)cc1. The van der Waals surface area contributed by atoms with Crippen molar-refractivity contribution >= 4 is 0 Å². The summed E-state index contributed by atoms with van der Waals surface area (Å²) in [5, 5.41) is 10.0. The number of hydrogen-bond acceptors (Lipinski definition) is 1. The number of allylic oxidation sites excluding steroid dienone is 1. The van der Waals surface area contributed by atoms with Crippen molar-refractivity contribution in [1.29, 1.82) is 0 Å². The molecular formula is C14H17FO. The van der Waals surface area contributed by atoms with Gasteiger partial charge in [0.1, 0.15) is 5.82 Å². The van der Waals surface area contributed by atoms with Gasteiger partial charge in [-0.05, 0) is 49.8 Å². The summed E-state index contributed by atoms with van der Waals surface area (Å²) < 4.78 is 12.7. The van der Waals surface area contributed by atoms with E-state index in [9.17, 15) is 9.50 Å². The molecule has 1 aromatic rings. The zero-order valence-corrected chi connectivity index (χ0v) is 9.32. The van der Waals surface area contributed by atoms with Gasteiger partial charge in [-0.2, -0.15) is 0 Å². The molecule has 0 spiro atoms. The van der Waals surface area contributed by atoms with Crippen LogP contribution in [0.1, 0.15) is 43.8 Å². The summed E-state index contributed by atoms with van der Waals surface area (Å²) >= 11 is 0. The average molecular weight is 220 g/mol. The maximum atomic E-state index is 12.7. The predicted octanol–water partition coefficient (Wildman–Crippen LogP) is 3.75. The number of halogens is 1. The summed E-state index contributed by atoms with van der Waals surface area (Å²) in [7, 11) is 0. The van der Waals surface area contributed by atoms with Crippen molar-refractivity contribution in [2.24, 2.45) is 0 Å². The second-order valence-corrected chi connectivity index (χ2v) is 4.38. The summed E-state index contributed by atoms with van der Waals surface area (Å²) in [6.45, 7) is 0. The quantitative estimate of drug-likeness (QED) is 0.769. The molecule has 16 heavy (non-hydrogen) atoms. The minimum atomic E-state index is -0.495. The van der Waals surface area contributed by atoms with Gasteiger partial charge in [0.15, 0.2) is 0 Å². The van der Waals surface area contributed by atoms with Gasteiger partial charge in [-0.1, -0.05) is 23.8 Å². The molecule has 1 atom stereocenters. The second-order valence-electron chi connectivity index (χ2n) is 4.38. The Morgan fingerprint density at radius 1 is 1.19 bits per heavy atom. The van der Waals surface area contributed by atoms with Gasteiger partial charge in [-0.15, -0.1) is 0 Å². The molecule has 0 amide bonds. The van der Waals surface area contributed by atoms with E-state index in [2.05, 4.69) is 6.08 Å². The minimum absolute atomic E-state index is 0.257. The molecule has 0 radical (unpaired) electrons. The van der Waals surface area contributed by atoms with E-state index in [1.165, 1.54) is 30.5 Å². The van der Waals surface area contributed by atoms with Crippen molar-refractivity contribution in [1.82, 2.24) is 0 Å². The molecular weight excluding hydrogens is 203 g/mol. The van der Waals surface area contributed by atoms with E-state index in [0.717, 1.165) is 18.4 Å². The van der Waals surface area contributed by atoms with E-state index in [0.29, 0.717) is 6.42 Å². The molecule has 0 saturated heterocycles. The largest absolute Gasteiger partial charge is 0.388 e. The van der Waals surface area contributed by atoms with Crippen molar-refractivity contribution in [2.45, 2.75) is 38.2 Å². The molecule has 1 unspecified atom stereocenters. The van der Waals surface area contributed by atoms with Crippen LogP contribution >= 0.6 is 0 Å². The van der Waals surface area contributed by atoms with Crippen LogP contribution in [0.4, 0.5) is 4.39 Å². The van der Waals surface area contributed by atoms with Gasteiger partial charge < -0.3 is 5.11 Å². The number of rotatable bonds is 3. The molecule has 0 aromatic heterocycles. The minimum Gasteiger partial charge on any atom is -0.388 e. The maximum Gasteiger partial charge on any atom is 0.123 e. The fourth-order valence-electron chi connectivity index (χ4n) is 2.14. The smallest absolute Gasteiger partial charge is 0.123 e. The third-order valence-corrected chi connectivity index (χ3v) is 3.10. The molecule has 1 aliphatic rings. The van der Waals surface area contributed by atoms with Crippen LogP contribution in [0.25, 0.3) is 0 Å². The van der Waals surface area contributed by atoms with Crippen LogP contribution in [-0.2, 0) is 0 Å². The molecule has 1 aliphatic carbocycles. The van der Waals surface area contributed by atoms with Gasteiger partial charge in [0.25, 0.3) is 0 Å². The Kier molecular flexibility index (Phi) is 3.73. The highest BCUT2D eigenvalue weighted by molar-refractivity contribution is 5.20. The van der Waals surface area contributed by atoms with E-state index in [1.54, 1.807) is 12.1 Å². The molecule has 1 nitrogen and oxygen atoms in total. The van der Waals surface area contributed by atoms with Crippen molar-refractivity contribution in [3.05, 3.63) is 47.3 Å². The Bertz CT molecular complexity index is 367. The standard InChI is InChI=1S/C14H17FO/c15-13-8-6-12(7-9-13)14(16)10-11-4-2-1-3-5-11/h4,6-9,14,16H,1-3,5,10H2. The summed E-state index contributed by atoms with van der Waals surface area (Å²) in [6.07, 6.45) is 7.13. The number of hydrogen-bond donors (Lipinski definition) is 1. The number of aliphatic hydroxyl groups is 1. The van der Waals surface area contributed by atoms with E-state index >= 15 is 0 Å². The van der Waals surface area contributed by atoms with Crippen LogP contribution in [-0.4, -0.2) is 5.11 Å². The summed E-state index contributed by atoms with van der Waals surface area (Å²) in [5.41, 5.74) is 2.14. The van der Waals surface area contributed by atoms with Crippen LogP contribution in [0, 0.1) is 5.82 Å². The Labute approximate surface area is 95.6 Å². The summed E-state index contributed by atoms with van der Waals surface area (Å²) in [4.78, 5) is 0. The average Bonchev–Trinajstić information content (AvgIpc) is 2.31. The predicted molar refractivity (Wildman–Crippen MR) is 62.5 cm³/mol. The Morgan fingerprint density at radius 3 is 2.56 bits per heavy atom. The Balaban J connectivity index is 1.99. The van der Waals surface area contributed by atoms with Gasteiger partial charge >= 0.3 is 0 Å². The third kappa shape index (κ3) is 2.92. The van der Waals surface area contributed by atoms with Gasteiger partial charge in [0.05, 0.1) is 6.10 Å². The lowest BCUT2D eigenvalue weighted by molar-refractivity contribution is 0.176. The van der Waals surface area contributed by atoms with Gasteiger partial charge in [-0.25, -0.2) is 4.39 Å². The molecule has 1 aromatic carbocycles. The first-order valence-corrected chi connectivity index (χ1v) is 5.87. The zero-order chi connectivity index (χ0) is 11.4. The van der Waals surface area contributed by atoms with Crippen molar-refractivity contribution in [3.63, 3.8) is 0 Å². The van der Waals surface area contributed by atoms with E-state index in [-0.39, 0.29) is 5.82 Å². The van der Waals surface area contributed by atoms with E-state index < -0.39 is 6.10 Å². The lowest BCUT2D eigenvalue weighted by Gasteiger charge is -2.16. The van der Waals surface area contributed by atoms with Gasteiger partial charge in [0, 0.05) is 0 Å². The van der Waals surface area contributed by atoms with Crippen LogP contribution in [0.2, 0.25) is 0 Å². The second kappa shape index (κ2) is 5.26. The van der Waals surface area contributed by atoms with E-state index in [4.69, 9.17) is 0 Å². The fourth-order valence-corrected chi connectivity index (χ4v) is 2.14. The summed E-state index contributed by atoms with van der Waals surface area (Å²) in [5.74, 6) is -0.257. The van der Waals surface area contributed by atoms with Crippen LogP contribution in [0.15, 0.2) is 35.9 Å². The van der Waals surface area contributed by atoms with Gasteiger partial charge in [-0.3, -0.25) is 0 Å². The monoisotopic (exact) mass is 220 g/mol. The number of benzene rings is 1. The normalized spacial score (nSPS) is 18.0. The van der Waals surface area contributed by atoms with Crippen LogP contribution in [0.5, 0.6) is 0 Å². The molecule has 0 saturated carbocycles. The maximum absolute atomic E-state index is 12.7. The number of aliphatic hydroxyl groups excluding tert-OH is 1. The molecule has 0 heterocycles. The zero-order valence-electron chi connectivity index (χ0n) is 9.32. The third-order valence-electron chi connectivity index (χ3n) is 3.10. The first kappa shape index (κ1) is 11.3. The van der Waals surface area contributed by atoms with Crippen molar-refractivity contribution < 1.29 is 9.50 Å². The van der Waals surface area contributed by atoms with Gasteiger partial charge in [0.2, 0.25) is 0 Å². The Morgan fingerprint density at radius 2 is 1.94 bits per heavy atom. The van der Waals surface area contributed by atoms with Crippen LogP contribution < -0.4 is 0 Å². The molecule has 0 bridgehead atoms. The van der Waals surface area contributed by atoms with Crippen molar-refractivity contribution in [3.8, 4) is 0 Å². The summed E-state index contributed by atoms with van der Waals surface area (Å²) in [6, 6.07) is 6.11. The van der Waals surface area contributed by atoms with Crippen molar-refractivity contribution in [2.75, 3.05) is 0 Å². The van der Waals surface area contributed by atoms with E-state index in [1.807, 2.05) is 0 Å². The first-order valence-electron chi connectivity index (χ1n) is 5.87. The van der Waals surface area contributed by atoms with Crippen LogP contribution in [0.3, 0.4) is 0 Å². The lowest BCUT2D eigenvalue weighted by atomic mass is 9.93. The first-order chi connectivity index (χ1) is 7.75. The molecule has 2 heteroatoms. The topological polar surface area (TPSA) is 20.2 Å². The highest BCUT2D eigenvalue weighted by atomic mass is 19.1. The molecule has 86 valence electrons. The molecule has 2 rings (SSSR count). The Hall–Kier alpha value is -1.15. The molecule has 0 aliphatic heterocycles. The lowest BCUT2D eigenvalue weighted by Crippen LogP contribution is -2.01. The highest BCUT2D eigenvalue weighted by Gasteiger charge is 2.12. The highest BCUT2D eigenvalue weighted by Crippen LogP contribution is 2.27. The molecule has 1 N–H and O–H groups in total. The fraction of sp³-hybridized carbons (Fsp3) is 0.429. The molecule has 0 fully saturated rings.